The topological polar surface area (TPSA) is 79.0 Å². The zero-order chi connectivity index (χ0) is 14.8. The Labute approximate surface area is 117 Å². The van der Waals surface area contributed by atoms with Crippen LogP contribution in [0.3, 0.4) is 0 Å². The molecule has 1 aromatic heterocycles. The molecule has 0 saturated carbocycles. The Hall–Kier alpha value is -2.08. The van der Waals surface area contributed by atoms with Crippen LogP contribution in [-0.2, 0) is 16.4 Å². The first-order valence-corrected chi connectivity index (χ1v) is 7.72. The molecule has 1 aromatic carbocycles. The van der Waals surface area contributed by atoms with Crippen molar-refractivity contribution in [3.8, 4) is 0 Å². The standard InChI is InChI=1S/C14H16N2O3S/c1-3-11-6-4-5-10(2)14(11)16-20(18,19)12-7-8-13(17)15-9-12/h4-9,16H,3H2,1-2H3,(H,15,17). The number of hydrogen-bond acceptors (Lipinski definition) is 3. The monoisotopic (exact) mass is 292 g/mol. The average molecular weight is 292 g/mol. The summed E-state index contributed by atoms with van der Waals surface area (Å²) in [6, 6.07) is 8.10. The van der Waals surface area contributed by atoms with Gasteiger partial charge in [-0.15, -0.1) is 0 Å². The number of rotatable bonds is 4. The minimum Gasteiger partial charge on any atom is -0.328 e. The maximum atomic E-state index is 12.3. The molecule has 2 rings (SSSR count). The number of benzene rings is 1. The second-order valence-corrected chi connectivity index (χ2v) is 6.14. The van der Waals surface area contributed by atoms with E-state index in [1.807, 2.05) is 32.0 Å². The highest BCUT2D eigenvalue weighted by atomic mass is 32.2. The van der Waals surface area contributed by atoms with Gasteiger partial charge in [0.05, 0.1) is 5.69 Å². The quantitative estimate of drug-likeness (QED) is 0.905. The fourth-order valence-corrected chi connectivity index (χ4v) is 3.07. The number of aryl methyl sites for hydroxylation is 2. The number of anilines is 1. The van der Waals surface area contributed by atoms with Crippen molar-refractivity contribution in [2.24, 2.45) is 0 Å². The average Bonchev–Trinajstić information content (AvgIpc) is 2.41. The molecule has 0 saturated heterocycles. The van der Waals surface area contributed by atoms with Crippen molar-refractivity contribution in [3.63, 3.8) is 0 Å². The van der Waals surface area contributed by atoms with Crippen molar-refractivity contribution in [3.05, 3.63) is 58.0 Å². The van der Waals surface area contributed by atoms with Gasteiger partial charge in [-0.3, -0.25) is 9.52 Å². The van der Waals surface area contributed by atoms with Gasteiger partial charge < -0.3 is 4.98 Å². The van der Waals surface area contributed by atoms with Crippen molar-refractivity contribution in [1.82, 2.24) is 4.98 Å². The number of pyridine rings is 1. The molecule has 0 fully saturated rings. The summed E-state index contributed by atoms with van der Waals surface area (Å²) >= 11 is 0. The molecule has 0 amide bonds. The zero-order valence-corrected chi connectivity index (χ0v) is 12.1. The van der Waals surface area contributed by atoms with Gasteiger partial charge in [-0.25, -0.2) is 8.42 Å². The third kappa shape index (κ3) is 2.91. The summed E-state index contributed by atoms with van der Waals surface area (Å²) in [5.74, 6) is 0. The Bertz CT molecular complexity index is 759. The molecule has 2 aromatic rings. The molecule has 0 bridgehead atoms. The van der Waals surface area contributed by atoms with E-state index in [1.165, 1.54) is 18.3 Å². The smallest absolute Gasteiger partial charge is 0.263 e. The number of H-pyrrole nitrogens is 1. The molecule has 0 aliphatic carbocycles. The van der Waals surface area contributed by atoms with Crippen molar-refractivity contribution in [1.29, 1.82) is 0 Å². The van der Waals surface area contributed by atoms with Crippen LogP contribution in [-0.4, -0.2) is 13.4 Å². The first-order valence-electron chi connectivity index (χ1n) is 6.24. The van der Waals surface area contributed by atoms with Crippen LogP contribution in [0.15, 0.2) is 46.2 Å². The van der Waals surface area contributed by atoms with Gasteiger partial charge in [0.15, 0.2) is 0 Å². The van der Waals surface area contributed by atoms with Crippen LogP contribution >= 0.6 is 0 Å². The minimum atomic E-state index is -3.71. The van der Waals surface area contributed by atoms with Crippen molar-refractivity contribution in [2.75, 3.05) is 4.72 Å². The highest BCUT2D eigenvalue weighted by Gasteiger charge is 2.17. The van der Waals surface area contributed by atoms with Crippen LogP contribution in [0.1, 0.15) is 18.1 Å². The molecule has 1 heterocycles. The summed E-state index contributed by atoms with van der Waals surface area (Å²) in [5.41, 5.74) is 2.05. The highest BCUT2D eigenvalue weighted by Crippen LogP contribution is 2.24. The van der Waals surface area contributed by atoms with Crippen molar-refractivity contribution in [2.45, 2.75) is 25.2 Å². The molecule has 0 aliphatic heterocycles. The van der Waals surface area contributed by atoms with Gasteiger partial charge >= 0.3 is 0 Å². The molecule has 0 radical (unpaired) electrons. The number of aromatic nitrogens is 1. The van der Waals surface area contributed by atoms with Crippen molar-refractivity contribution < 1.29 is 8.42 Å². The fraction of sp³-hybridized carbons (Fsp3) is 0.214. The van der Waals surface area contributed by atoms with E-state index in [-0.39, 0.29) is 10.5 Å². The van der Waals surface area contributed by atoms with Crippen LogP contribution < -0.4 is 10.3 Å². The number of sulfonamides is 1. The lowest BCUT2D eigenvalue weighted by Crippen LogP contribution is -2.16. The highest BCUT2D eigenvalue weighted by molar-refractivity contribution is 7.92. The van der Waals surface area contributed by atoms with Crippen LogP contribution in [0.4, 0.5) is 5.69 Å². The molecular weight excluding hydrogens is 276 g/mol. The fourth-order valence-electron chi connectivity index (χ4n) is 1.93. The lowest BCUT2D eigenvalue weighted by atomic mass is 10.1. The first kappa shape index (κ1) is 14.3. The maximum absolute atomic E-state index is 12.3. The lowest BCUT2D eigenvalue weighted by Gasteiger charge is -2.14. The predicted octanol–water partition coefficient (Wildman–Crippen LogP) is 2.05. The Morgan fingerprint density at radius 3 is 2.55 bits per heavy atom. The molecule has 106 valence electrons. The van der Waals surface area contributed by atoms with Crippen LogP contribution in [0.5, 0.6) is 0 Å². The van der Waals surface area contributed by atoms with E-state index in [0.717, 1.165) is 17.5 Å². The molecule has 5 nitrogen and oxygen atoms in total. The minimum absolute atomic E-state index is 0.0300. The van der Waals surface area contributed by atoms with Gasteiger partial charge in [-0.1, -0.05) is 25.1 Å². The summed E-state index contributed by atoms with van der Waals surface area (Å²) in [4.78, 5) is 13.4. The van der Waals surface area contributed by atoms with E-state index in [4.69, 9.17) is 0 Å². The molecule has 0 unspecified atom stereocenters. The van der Waals surface area contributed by atoms with Gasteiger partial charge in [0.1, 0.15) is 4.90 Å². The number of para-hydroxylation sites is 1. The number of hydrogen-bond donors (Lipinski definition) is 2. The second-order valence-electron chi connectivity index (χ2n) is 4.46. The summed E-state index contributed by atoms with van der Waals surface area (Å²) in [6.07, 6.45) is 1.92. The molecule has 0 atom stereocenters. The SMILES string of the molecule is CCc1cccc(C)c1NS(=O)(=O)c1ccc(=O)[nH]c1. The maximum Gasteiger partial charge on any atom is 0.263 e. The van der Waals surface area contributed by atoms with Gasteiger partial charge in [0.2, 0.25) is 5.56 Å². The van der Waals surface area contributed by atoms with E-state index in [1.54, 1.807) is 0 Å². The summed E-state index contributed by atoms with van der Waals surface area (Å²) in [6.45, 7) is 3.82. The normalized spacial score (nSPS) is 11.3. The van der Waals surface area contributed by atoms with Gasteiger partial charge in [0, 0.05) is 12.3 Å². The third-order valence-electron chi connectivity index (χ3n) is 3.04. The summed E-state index contributed by atoms with van der Waals surface area (Å²) in [5, 5.41) is 0. The number of nitrogens with one attached hydrogen (secondary N) is 2. The summed E-state index contributed by atoms with van der Waals surface area (Å²) in [7, 11) is -3.71. The summed E-state index contributed by atoms with van der Waals surface area (Å²) < 4.78 is 27.2. The van der Waals surface area contributed by atoms with Gasteiger partial charge in [-0.2, -0.15) is 0 Å². The van der Waals surface area contributed by atoms with E-state index in [2.05, 4.69) is 9.71 Å². The van der Waals surface area contributed by atoms with Crippen LogP contribution in [0.2, 0.25) is 0 Å². The Morgan fingerprint density at radius 2 is 1.95 bits per heavy atom. The van der Waals surface area contributed by atoms with Gasteiger partial charge in [0.25, 0.3) is 10.0 Å². The van der Waals surface area contributed by atoms with E-state index in [9.17, 15) is 13.2 Å². The number of aromatic amines is 1. The Kier molecular flexibility index (Phi) is 3.94. The van der Waals surface area contributed by atoms with Gasteiger partial charge in [-0.05, 0) is 30.5 Å². The molecule has 0 spiro atoms. The predicted molar refractivity (Wildman–Crippen MR) is 78.4 cm³/mol. The van der Waals surface area contributed by atoms with Crippen LogP contribution in [0.25, 0.3) is 0 Å². The first-order chi connectivity index (χ1) is 9.44. The molecule has 6 heteroatoms. The molecular formula is C14H16N2O3S. The molecule has 2 N–H and O–H groups in total. The third-order valence-corrected chi connectivity index (χ3v) is 4.39. The Balaban J connectivity index is 2.43. The zero-order valence-electron chi connectivity index (χ0n) is 11.3. The lowest BCUT2D eigenvalue weighted by molar-refractivity contribution is 0.600. The van der Waals surface area contributed by atoms with E-state index in [0.29, 0.717) is 5.69 Å². The largest absolute Gasteiger partial charge is 0.328 e. The molecule has 0 aliphatic rings. The molecule has 20 heavy (non-hydrogen) atoms. The Morgan fingerprint density at radius 1 is 1.20 bits per heavy atom. The van der Waals surface area contributed by atoms with E-state index < -0.39 is 10.0 Å². The van der Waals surface area contributed by atoms with E-state index >= 15 is 0 Å². The van der Waals surface area contributed by atoms with Crippen LogP contribution in [0, 0.1) is 6.92 Å². The van der Waals surface area contributed by atoms with Crippen molar-refractivity contribution >= 4 is 15.7 Å². The second kappa shape index (κ2) is 5.50.